The van der Waals surface area contributed by atoms with Gasteiger partial charge in [0.25, 0.3) is 0 Å². The third kappa shape index (κ3) is 1.73. The number of hydrogen-bond donors (Lipinski definition) is 2. The van der Waals surface area contributed by atoms with Crippen LogP contribution >= 0.6 is 0 Å². The van der Waals surface area contributed by atoms with Crippen LogP contribution in [0.15, 0.2) is 0 Å². The lowest BCUT2D eigenvalue weighted by Gasteiger charge is -2.59. The van der Waals surface area contributed by atoms with E-state index < -0.39 is 0 Å². The largest absolute Gasteiger partial charge is 0.507 e. The van der Waals surface area contributed by atoms with E-state index in [1.54, 1.807) is 7.11 Å². The molecule has 2 N–H and O–H groups in total. The molecule has 6 aliphatic heterocycles. The van der Waals surface area contributed by atoms with Crippen LogP contribution in [0.3, 0.4) is 0 Å². The van der Waals surface area contributed by atoms with Gasteiger partial charge >= 0.3 is 0 Å². The highest BCUT2D eigenvalue weighted by atomic mass is 16.5. The molecule has 8 atom stereocenters. The molecule has 0 unspecified atom stereocenters. The standard InChI is InChI=1S/C21H27N3O5/c1-8-17(25)13-12(18(26)19(8)27-3)11-7-29-21-10-6-9-14(22(10)2)16(24(11)21)15(13)23-4-5-28-20(9)23/h9-11,14-16,20-21,25-26H,4-7H2,1-3H3/t9-,10-,11-,14+,15+,16+,20+,21+/m0/s1. The quantitative estimate of drug-likeness (QED) is 0.673. The molecule has 8 nitrogen and oxygen atoms in total. The molecule has 0 spiro atoms. The number of fused-ring (bicyclic) bond motifs is 8. The van der Waals surface area contributed by atoms with Gasteiger partial charge in [0.1, 0.15) is 18.2 Å². The summed E-state index contributed by atoms with van der Waals surface area (Å²) in [5.74, 6) is 1.20. The van der Waals surface area contributed by atoms with E-state index in [0.29, 0.717) is 42.5 Å². The van der Waals surface area contributed by atoms with E-state index in [9.17, 15) is 10.2 Å². The fourth-order valence-electron chi connectivity index (χ4n) is 7.64. The van der Waals surface area contributed by atoms with Crippen molar-refractivity contribution in [1.29, 1.82) is 0 Å². The molecule has 2 bridgehead atoms. The molecule has 29 heavy (non-hydrogen) atoms. The lowest BCUT2D eigenvalue weighted by molar-refractivity contribution is -0.165. The number of ether oxygens (including phenoxy) is 3. The molecular weight excluding hydrogens is 374 g/mol. The molecular formula is C21H27N3O5. The van der Waals surface area contributed by atoms with E-state index in [0.717, 1.165) is 24.1 Å². The van der Waals surface area contributed by atoms with Gasteiger partial charge in [0.2, 0.25) is 0 Å². The number of rotatable bonds is 1. The Bertz CT molecular complexity index is 924. The summed E-state index contributed by atoms with van der Waals surface area (Å²) in [6.07, 6.45) is 1.14. The molecule has 6 heterocycles. The second kappa shape index (κ2) is 5.36. The predicted octanol–water partition coefficient (Wildman–Crippen LogP) is 0.912. The summed E-state index contributed by atoms with van der Waals surface area (Å²) in [4.78, 5) is 7.44. The first-order valence-electron chi connectivity index (χ1n) is 10.6. The second-order valence-corrected chi connectivity index (χ2v) is 9.43. The minimum Gasteiger partial charge on any atom is -0.507 e. The molecule has 156 valence electrons. The first kappa shape index (κ1) is 17.1. The summed E-state index contributed by atoms with van der Waals surface area (Å²) in [5, 5.41) is 22.6. The third-order valence-electron chi connectivity index (χ3n) is 8.60. The first-order valence-corrected chi connectivity index (χ1v) is 10.6. The zero-order valence-electron chi connectivity index (χ0n) is 16.9. The highest BCUT2D eigenvalue weighted by Crippen LogP contribution is 2.63. The van der Waals surface area contributed by atoms with Crippen LogP contribution in [0.5, 0.6) is 17.2 Å². The molecule has 1 aromatic carbocycles. The van der Waals surface area contributed by atoms with E-state index in [-0.39, 0.29) is 42.1 Å². The van der Waals surface area contributed by atoms with Gasteiger partial charge in [0.15, 0.2) is 11.5 Å². The normalized spacial score (nSPS) is 44.8. The van der Waals surface area contributed by atoms with Crippen molar-refractivity contribution in [3.8, 4) is 17.2 Å². The fraction of sp³-hybridized carbons (Fsp3) is 0.714. The molecule has 0 saturated carbocycles. The number of phenols is 2. The van der Waals surface area contributed by atoms with Crippen LogP contribution in [0.4, 0.5) is 0 Å². The maximum Gasteiger partial charge on any atom is 0.167 e. The van der Waals surface area contributed by atoms with Crippen molar-refractivity contribution in [2.24, 2.45) is 5.92 Å². The van der Waals surface area contributed by atoms with Crippen LogP contribution in [0.1, 0.15) is 35.2 Å². The molecule has 8 heteroatoms. The van der Waals surface area contributed by atoms with Gasteiger partial charge in [-0.1, -0.05) is 0 Å². The van der Waals surface area contributed by atoms with Crippen molar-refractivity contribution in [2.45, 2.75) is 56.0 Å². The molecule has 5 saturated heterocycles. The van der Waals surface area contributed by atoms with Crippen molar-refractivity contribution in [3.63, 3.8) is 0 Å². The molecule has 0 radical (unpaired) electrons. The van der Waals surface area contributed by atoms with Gasteiger partial charge in [-0.3, -0.25) is 14.7 Å². The third-order valence-corrected chi connectivity index (χ3v) is 8.60. The van der Waals surface area contributed by atoms with Crippen LogP contribution in [0.2, 0.25) is 0 Å². The number of aromatic hydroxyl groups is 2. The molecule has 1 aromatic rings. The van der Waals surface area contributed by atoms with Gasteiger partial charge in [-0.05, 0) is 20.4 Å². The predicted molar refractivity (Wildman–Crippen MR) is 102 cm³/mol. The Kier molecular flexibility index (Phi) is 3.17. The van der Waals surface area contributed by atoms with Crippen molar-refractivity contribution >= 4 is 0 Å². The van der Waals surface area contributed by atoms with Gasteiger partial charge < -0.3 is 24.4 Å². The SMILES string of the molecule is COc1c(C)c(O)c2c(c1O)[C@@H]1CO[C@@H]3[C@@H]4C[C@H]5[C@H]([C@H]([C@@H]2N2CCO[C@H]52)N31)N4C. The summed E-state index contributed by atoms with van der Waals surface area (Å²) < 4.78 is 18.1. The molecule has 5 fully saturated rings. The monoisotopic (exact) mass is 401 g/mol. The molecule has 7 rings (SSSR count). The topological polar surface area (TPSA) is 77.9 Å². The zero-order valence-corrected chi connectivity index (χ0v) is 16.9. The Morgan fingerprint density at radius 2 is 1.90 bits per heavy atom. The highest BCUT2D eigenvalue weighted by Gasteiger charge is 2.69. The summed E-state index contributed by atoms with van der Waals surface area (Å²) in [6.45, 7) is 3.91. The summed E-state index contributed by atoms with van der Waals surface area (Å²) in [6, 6.07) is 0.817. The number of hydrogen-bond acceptors (Lipinski definition) is 8. The van der Waals surface area contributed by atoms with Crippen LogP contribution < -0.4 is 4.74 Å². The maximum absolute atomic E-state index is 11.3. The minimum absolute atomic E-state index is 0.0146. The average molecular weight is 401 g/mol. The first-order chi connectivity index (χ1) is 14.0. The van der Waals surface area contributed by atoms with Crippen LogP contribution in [0, 0.1) is 12.8 Å². The number of benzene rings is 1. The fourth-order valence-corrected chi connectivity index (χ4v) is 7.64. The zero-order chi connectivity index (χ0) is 19.8. The molecule has 6 aliphatic rings. The van der Waals surface area contributed by atoms with E-state index >= 15 is 0 Å². The number of nitrogens with zero attached hydrogens (tertiary/aromatic N) is 3. The Morgan fingerprint density at radius 1 is 1.07 bits per heavy atom. The lowest BCUT2D eigenvalue weighted by Crippen LogP contribution is -2.71. The molecule has 0 aromatic heterocycles. The van der Waals surface area contributed by atoms with E-state index in [1.807, 2.05) is 6.92 Å². The smallest absolute Gasteiger partial charge is 0.167 e. The lowest BCUT2D eigenvalue weighted by atomic mass is 9.73. The van der Waals surface area contributed by atoms with Gasteiger partial charge in [-0.25, -0.2) is 0 Å². The van der Waals surface area contributed by atoms with Crippen molar-refractivity contribution < 1.29 is 24.4 Å². The average Bonchev–Trinajstić information content (AvgIpc) is 3.40. The summed E-state index contributed by atoms with van der Waals surface area (Å²) in [5.41, 5.74) is 2.23. The van der Waals surface area contributed by atoms with E-state index in [1.165, 1.54) is 0 Å². The summed E-state index contributed by atoms with van der Waals surface area (Å²) in [7, 11) is 3.76. The Labute approximate surface area is 169 Å². The Balaban J connectivity index is 1.54. The second-order valence-electron chi connectivity index (χ2n) is 9.43. The number of phenolic OH excluding ortho intramolecular Hbond substituents is 2. The summed E-state index contributed by atoms with van der Waals surface area (Å²) >= 11 is 0. The van der Waals surface area contributed by atoms with Crippen molar-refractivity contribution in [1.82, 2.24) is 14.7 Å². The number of piperidine rings is 1. The van der Waals surface area contributed by atoms with Crippen LogP contribution in [-0.2, 0) is 9.47 Å². The van der Waals surface area contributed by atoms with Gasteiger partial charge in [-0.2, -0.15) is 0 Å². The van der Waals surface area contributed by atoms with Crippen molar-refractivity contribution in [3.05, 3.63) is 16.7 Å². The maximum atomic E-state index is 11.3. The molecule has 0 amide bonds. The van der Waals surface area contributed by atoms with E-state index in [2.05, 4.69) is 21.7 Å². The number of likely N-dealkylation sites (N-methyl/N-ethyl adjacent to an activating group) is 1. The molecule has 0 aliphatic carbocycles. The Morgan fingerprint density at radius 3 is 2.69 bits per heavy atom. The van der Waals surface area contributed by atoms with E-state index in [4.69, 9.17) is 14.2 Å². The van der Waals surface area contributed by atoms with Crippen molar-refractivity contribution in [2.75, 3.05) is 33.9 Å². The van der Waals surface area contributed by atoms with Crippen LogP contribution in [-0.4, -0.2) is 89.4 Å². The van der Waals surface area contributed by atoms with Gasteiger partial charge in [0.05, 0.1) is 38.4 Å². The number of piperazine rings is 1. The Hall–Kier alpha value is -1.58. The number of methoxy groups -OCH3 is 1. The highest BCUT2D eigenvalue weighted by molar-refractivity contribution is 5.65. The van der Waals surface area contributed by atoms with Gasteiger partial charge in [-0.15, -0.1) is 0 Å². The van der Waals surface area contributed by atoms with Crippen LogP contribution in [0.25, 0.3) is 0 Å². The van der Waals surface area contributed by atoms with Gasteiger partial charge in [0, 0.05) is 41.2 Å². The minimum atomic E-state index is -0.0610.